The lowest BCUT2D eigenvalue weighted by molar-refractivity contribution is 0.102. The van der Waals surface area contributed by atoms with E-state index in [2.05, 4.69) is 31.5 Å². The first-order valence-corrected chi connectivity index (χ1v) is 7.98. The normalized spacial score (nSPS) is 11.0. The zero-order valence-electron chi connectivity index (χ0n) is 13.9. The highest BCUT2D eigenvalue weighted by molar-refractivity contribution is 6.07. The van der Waals surface area contributed by atoms with Crippen molar-refractivity contribution in [3.8, 4) is 11.3 Å². The molecule has 0 saturated heterocycles. The van der Waals surface area contributed by atoms with Gasteiger partial charge in [-0.2, -0.15) is 5.10 Å². The summed E-state index contributed by atoms with van der Waals surface area (Å²) in [6.45, 7) is 3.98. The summed E-state index contributed by atoms with van der Waals surface area (Å²) in [5, 5.41) is 11.0. The van der Waals surface area contributed by atoms with Crippen LogP contribution in [-0.4, -0.2) is 26.1 Å². The van der Waals surface area contributed by atoms with Crippen LogP contribution in [0.15, 0.2) is 48.8 Å². The lowest BCUT2D eigenvalue weighted by Crippen LogP contribution is -2.13. The first kappa shape index (κ1) is 15.1. The number of nitrogens with one attached hydrogen (secondary N) is 3. The van der Waals surface area contributed by atoms with Gasteiger partial charge >= 0.3 is 0 Å². The second-order valence-corrected chi connectivity index (χ2v) is 6.03. The summed E-state index contributed by atoms with van der Waals surface area (Å²) in [5.41, 5.74) is 5.38. The van der Waals surface area contributed by atoms with Crippen molar-refractivity contribution >= 4 is 22.6 Å². The fourth-order valence-electron chi connectivity index (χ4n) is 2.91. The number of hydrogen-bond donors (Lipinski definition) is 3. The molecular formula is C19H17N5O. The third-order valence-electron chi connectivity index (χ3n) is 4.25. The van der Waals surface area contributed by atoms with E-state index in [9.17, 15) is 4.79 Å². The van der Waals surface area contributed by atoms with Crippen LogP contribution in [0.25, 0.3) is 22.2 Å². The number of benzene rings is 1. The van der Waals surface area contributed by atoms with Crippen LogP contribution in [0.2, 0.25) is 0 Å². The Hall–Kier alpha value is -3.41. The van der Waals surface area contributed by atoms with Crippen LogP contribution in [0.3, 0.4) is 0 Å². The van der Waals surface area contributed by atoms with E-state index >= 15 is 0 Å². The molecule has 0 bridgehead atoms. The molecule has 124 valence electrons. The molecule has 0 aliphatic heterocycles. The molecule has 3 heterocycles. The summed E-state index contributed by atoms with van der Waals surface area (Å²) in [7, 11) is 0. The van der Waals surface area contributed by atoms with E-state index in [0.717, 1.165) is 33.3 Å². The van der Waals surface area contributed by atoms with Crippen LogP contribution < -0.4 is 5.32 Å². The smallest absolute Gasteiger partial charge is 0.273 e. The standard InChI is InChI=1S/C19H17N5O/c1-11-3-4-15-14(9-11)12(2)18(21-15)19(25)22-17-10-16(23-24-17)13-5-7-20-8-6-13/h3-10,21H,1-2H3,(H2,22,23,24,25). The Labute approximate surface area is 144 Å². The summed E-state index contributed by atoms with van der Waals surface area (Å²) in [4.78, 5) is 19.8. The second-order valence-electron chi connectivity index (χ2n) is 6.03. The number of aromatic nitrogens is 4. The van der Waals surface area contributed by atoms with Crippen LogP contribution in [0, 0.1) is 13.8 Å². The van der Waals surface area contributed by atoms with Gasteiger partial charge in [-0.15, -0.1) is 0 Å². The quantitative estimate of drug-likeness (QED) is 0.533. The number of aromatic amines is 2. The molecule has 6 heteroatoms. The van der Waals surface area contributed by atoms with E-state index in [4.69, 9.17) is 0 Å². The predicted octanol–water partition coefficient (Wildman–Crippen LogP) is 3.82. The average molecular weight is 331 g/mol. The first-order valence-electron chi connectivity index (χ1n) is 7.98. The van der Waals surface area contributed by atoms with E-state index < -0.39 is 0 Å². The van der Waals surface area contributed by atoms with Crippen molar-refractivity contribution in [1.82, 2.24) is 20.2 Å². The largest absolute Gasteiger partial charge is 0.350 e. The SMILES string of the molecule is Cc1ccc2[nH]c(C(=O)Nc3cc(-c4ccncc4)[nH]n3)c(C)c2c1. The van der Waals surface area contributed by atoms with Crippen LogP contribution >= 0.6 is 0 Å². The molecular weight excluding hydrogens is 314 g/mol. The molecule has 0 atom stereocenters. The highest BCUT2D eigenvalue weighted by atomic mass is 16.2. The number of hydrogen-bond acceptors (Lipinski definition) is 3. The molecule has 25 heavy (non-hydrogen) atoms. The van der Waals surface area contributed by atoms with Gasteiger partial charge in [0.25, 0.3) is 5.91 Å². The molecule has 0 radical (unpaired) electrons. The van der Waals surface area contributed by atoms with Gasteiger partial charge < -0.3 is 10.3 Å². The van der Waals surface area contributed by atoms with Crippen LogP contribution in [-0.2, 0) is 0 Å². The number of rotatable bonds is 3. The molecule has 3 aromatic heterocycles. The highest BCUT2D eigenvalue weighted by Crippen LogP contribution is 2.24. The Kier molecular flexibility index (Phi) is 3.57. The van der Waals surface area contributed by atoms with Crippen molar-refractivity contribution in [2.75, 3.05) is 5.32 Å². The van der Waals surface area contributed by atoms with E-state index in [0.29, 0.717) is 11.5 Å². The van der Waals surface area contributed by atoms with E-state index in [1.807, 2.05) is 38.1 Å². The van der Waals surface area contributed by atoms with Crippen molar-refractivity contribution in [2.24, 2.45) is 0 Å². The van der Waals surface area contributed by atoms with Gasteiger partial charge in [0.1, 0.15) is 5.69 Å². The zero-order chi connectivity index (χ0) is 17.4. The molecule has 0 aliphatic carbocycles. The van der Waals surface area contributed by atoms with Crippen molar-refractivity contribution in [1.29, 1.82) is 0 Å². The molecule has 0 aliphatic rings. The Morgan fingerprint density at radius 1 is 1.08 bits per heavy atom. The molecule has 0 spiro atoms. The zero-order valence-corrected chi connectivity index (χ0v) is 13.9. The molecule has 1 aromatic carbocycles. The van der Waals surface area contributed by atoms with Crippen LogP contribution in [0.1, 0.15) is 21.6 Å². The minimum atomic E-state index is -0.209. The van der Waals surface area contributed by atoms with Crippen molar-refractivity contribution in [3.63, 3.8) is 0 Å². The van der Waals surface area contributed by atoms with Gasteiger partial charge in [0.15, 0.2) is 5.82 Å². The monoisotopic (exact) mass is 331 g/mol. The Bertz CT molecular complexity index is 1060. The second kappa shape index (κ2) is 5.90. The van der Waals surface area contributed by atoms with Crippen molar-refractivity contribution in [2.45, 2.75) is 13.8 Å². The average Bonchev–Trinajstić information content (AvgIpc) is 3.21. The molecule has 0 saturated carbocycles. The number of pyridine rings is 1. The molecule has 1 amide bonds. The van der Waals surface area contributed by atoms with E-state index in [1.54, 1.807) is 18.5 Å². The lowest BCUT2D eigenvalue weighted by Gasteiger charge is -2.00. The third-order valence-corrected chi connectivity index (χ3v) is 4.25. The lowest BCUT2D eigenvalue weighted by atomic mass is 10.1. The summed E-state index contributed by atoms with van der Waals surface area (Å²) < 4.78 is 0. The topological polar surface area (TPSA) is 86.5 Å². The fourth-order valence-corrected chi connectivity index (χ4v) is 2.91. The summed E-state index contributed by atoms with van der Waals surface area (Å²) in [6.07, 6.45) is 3.43. The maximum atomic E-state index is 12.6. The predicted molar refractivity (Wildman–Crippen MR) is 97.5 cm³/mol. The number of nitrogens with zero attached hydrogens (tertiary/aromatic N) is 2. The Balaban J connectivity index is 1.61. The van der Waals surface area contributed by atoms with E-state index in [-0.39, 0.29) is 5.91 Å². The molecule has 4 aromatic rings. The van der Waals surface area contributed by atoms with Gasteiger partial charge in [-0.25, -0.2) is 0 Å². The highest BCUT2D eigenvalue weighted by Gasteiger charge is 2.16. The van der Waals surface area contributed by atoms with E-state index in [1.165, 1.54) is 0 Å². The molecule has 0 unspecified atom stereocenters. The number of amides is 1. The molecule has 6 nitrogen and oxygen atoms in total. The van der Waals surface area contributed by atoms with Gasteiger partial charge in [-0.05, 0) is 43.7 Å². The maximum absolute atomic E-state index is 12.6. The van der Waals surface area contributed by atoms with Gasteiger partial charge in [0, 0.05) is 34.9 Å². The van der Waals surface area contributed by atoms with Gasteiger partial charge in [0.2, 0.25) is 0 Å². The van der Waals surface area contributed by atoms with Crippen LogP contribution in [0.4, 0.5) is 5.82 Å². The molecule has 4 rings (SSSR count). The van der Waals surface area contributed by atoms with Crippen molar-refractivity contribution in [3.05, 3.63) is 65.6 Å². The van der Waals surface area contributed by atoms with Crippen LogP contribution in [0.5, 0.6) is 0 Å². The molecule has 3 N–H and O–H groups in total. The number of carbonyl (C=O) groups is 1. The number of carbonyl (C=O) groups excluding carboxylic acids is 1. The summed E-state index contributed by atoms with van der Waals surface area (Å²) >= 11 is 0. The maximum Gasteiger partial charge on any atom is 0.273 e. The fraction of sp³-hybridized carbons (Fsp3) is 0.105. The van der Waals surface area contributed by atoms with Gasteiger partial charge in [-0.1, -0.05) is 11.6 Å². The minimum Gasteiger partial charge on any atom is -0.350 e. The molecule has 0 fully saturated rings. The first-order chi connectivity index (χ1) is 12.1. The number of anilines is 1. The number of fused-ring (bicyclic) bond motifs is 1. The Morgan fingerprint density at radius 3 is 2.68 bits per heavy atom. The summed E-state index contributed by atoms with van der Waals surface area (Å²) in [5.74, 6) is 0.269. The van der Waals surface area contributed by atoms with Gasteiger partial charge in [-0.3, -0.25) is 14.9 Å². The third kappa shape index (κ3) is 2.78. The minimum absolute atomic E-state index is 0.209. The summed E-state index contributed by atoms with van der Waals surface area (Å²) in [6, 6.07) is 11.6. The van der Waals surface area contributed by atoms with Gasteiger partial charge in [0.05, 0.1) is 5.69 Å². The van der Waals surface area contributed by atoms with Crippen molar-refractivity contribution < 1.29 is 4.79 Å². The Morgan fingerprint density at radius 2 is 1.88 bits per heavy atom. The number of H-pyrrole nitrogens is 2. The number of aryl methyl sites for hydroxylation is 2.